The van der Waals surface area contributed by atoms with Crippen molar-refractivity contribution in [3.05, 3.63) is 35.6 Å². The van der Waals surface area contributed by atoms with Gasteiger partial charge in [-0.3, -0.25) is 4.79 Å². The maximum atomic E-state index is 13.6. The topological polar surface area (TPSA) is 38.3 Å². The summed E-state index contributed by atoms with van der Waals surface area (Å²) >= 11 is 1.44. The number of carbonyl (C=O) groups is 1. The molecule has 0 saturated carbocycles. The molecule has 1 aromatic rings. The minimum absolute atomic E-state index is 0.0197. The molecular formula is C15H20FNO2S. The number of thioether (sulfide) groups is 1. The van der Waals surface area contributed by atoms with Crippen LogP contribution < -0.4 is 5.32 Å². The Labute approximate surface area is 123 Å². The minimum Gasteiger partial charge on any atom is -0.376 e. The van der Waals surface area contributed by atoms with Crippen LogP contribution in [0, 0.1) is 5.82 Å². The van der Waals surface area contributed by atoms with E-state index in [0.29, 0.717) is 17.9 Å². The fourth-order valence-corrected chi connectivity index (χ4v) is 3.05. The van der Waals surface area contributed by atoms with Crippen LogP contribution in [0.3, 0.4) is 0 Å². The second-order valence-corrected chi connectivity index (χ2v) is 6.24. The first kappa shape index (κ1) is 15.3. The third kappa shape index (κ3) is 4.49. The van der Waals surface area contributed by atoms with Crippen molar-refractivity contribution >= 4 is 17.7 Å². The Morgan fingerprint density at radius 2 is 2.35 bits per heavy atom. The molecule has 1 aliphatic rings. The summed E-state index contributed by atoms with van der Waals surface area (Å²) in [6.07, 6.45) is 2.24. The molecule has 1 saturated heterocycles. The van der Waals surface area contributed by atoms with Crippen LogP contribution >= 0.6 is 11.8 Å². The van der Waals surface area contributed by atoms with E-state index in [-0.39, 0.29) is 23.1 Å². The van der Waals surface area contributed by atoms with Gasteiger partial charge in [-0.05, 0) is 25.8 Å². The lowest BCUT2D eigenvalue weighted by Gasteiger charge is -2.14. The van der Waals surface area contributed by atoms with Gasteiger partial charge in [-0.25, -0.2) is 4.39 Å². The number of nitrogens with one attached hydrogen (secondary N) is 1. The zero-order chi connectivity index (χ0) is 14.4. The summed E-state index contributed by atoms with van der Waals surface area (Å²) in [5.41, 5.74) is 0.643. The Hall–Kier alpha value is -1.07. The molecule has 2 rings (SSSR count). The highest BCUT2D eigenvalue weighted by molar-refractivity contribution is 8.00. The molecule has 3 nitrogen and oxygen atoms in total. The molecule has 0 spiro atoms. The van der Waals surface area contributed by atoms with Gasteiger partial charge in [0.2, 0.25) is 5.91 Å². The molecule has 0 radical (unpaired) electrons. The third-order valence-corrected chi connectivity index (χ3v) is 4.54. The molecule has 1 amide bonds. The van der Waals surface area contributed by atoms with E-state index in [1.165, 1.54) is 17.8 Å². The van der Waals surface area contributed by atoms with E-state index in [1.54, 1.807) is 12.1 Å². The molecule has 1 aliphatic heterocycles. The molecule has 1 aromatic carbocycles. The van der Waals surface area contributed by atoms with Crippen molar-refractivity contribution < 1.29 is 13.9 Å². The van der Waals surface area contributed by atoms with Crippen molar-refractivity contribution in [2.75, 3.05) is 18.9 Å². The van der Waals surface area contributed by atoms with Gasteiger partial charge >= 0.3 is 0 Å². The summed E-state index contributed by atoms with van der Waals surface area (Å²) in [6, 6.07) is 6.69. The number of benzene rings is 1. The SMILES string of the molecule is CC(SCC(=O)NCC1CCCO1)c1ccccc1F. The van der Waals surface area contributed by atoms with Gasteiger partial charge in [0.05, 0.1) is 11.9 Å². The minimum atomic E-state index is -0.215. The predicted octanol–water partition coefficient (Wildman–Crippen LogP) is 2.92. The van der Waals surface area contributed by atoms with Crippen LogP contribution in [-0.4, -0.2) is 30.9 Å². The van der Waals surface area contributed by atoms with Crippen molar-refractivity contribution in [1.29, 1.82) is 0 Å². The average Bonchev–Trinajstić information content (AvgIpc) is 2.96. The highest BCUT2D eigenvalue weighted by atomic mass is 32.2. The maximum Gasteiger partial charge on any atom is 0.230 e. The Morgan fingerprint density at radius 1 is 1.55 bits per heavy atom. The van der Waals surface area contributed by atoms with Gasteiger partial charge < -0.3 is 10.1 Å². The van der Waals surface area contributed by atoms with Crippen LogP contribution in [-0.2, 0) is 9.53 Å². The van der Waals surface area contributed by atoms with E-state index in [0.717, 1.165) is 19.4 Å². The molecule has 2 atom stereocenters. The zero-order valence-corrected chi connectivity index (χ0v) is 12.4. The molecule has 110 valence electrons. The summed E-state index contributed by atoms with van der Waals surface area (Å²) in [7, 11) is 0. The van der Waals surface area contributed by atoms with Crippen LogP contribution in [0.4, 0.5) is 4.39 Å². The van der Waals surface area contributed by atoms with E-state index < -0.39 is 0 Å². The Morgan fingerprint density at radius 3 is 3.05 bits per heavy atom. The quantitative estimate of drug-likeness (QED) is 0.877. The van der Waals surface area contributed by atoms with Crippen LogP contribution in [0.2, 0.25) is 0 Å². The van der Waals surface area contributed by atoms with E-state index in [2.05, 4.69) is 5.32 Å². The summed E-state index contributed by atoms with van der Waals surface area (Å²) in [5.74, 6) is 0.100. The summed E-state index contributed by atoms with van der Waals surface area (Å²) in [4.78, 5) is 11.7. The molecule has 20 heavy (non-hydrogen) atoms. The second kappa shape index (κ2) is 7.64. The lowest BCUT2D eigenvalue weighted by molar-refractivity contribution is -0.119. The largest absolute Gasteiger partial charge is 0.376 e. The van der Waals surface area contributed by atoms with Crippen LogP contribution in [0.5, 0.6) is 0 Å². The summed E-state index contributed by atoms with van der Waals surface area (Å²) < 4.78 is 19.0. The molecular weight excluding hydrogens is 277 g/mol. The molecule has 5 heteroatoms. The highest BCUT2D eigenvalue weighted by Gasteiger charge is 2.17. The van der Waals surface area contributed by atoms with Gasteiger partial charge in [-0.2, -0.15) is 0 Å². The predicted molar refractivity (Wildman–Crippen MR) is 79.3 cm³/mol. The van der Waals surface area contributed by atoms with Gasteiger partial charge in [0, 0.05) is 24.0 Å². The summed E-state index contributed by atoms with van der Waals surface area (Å²) in [6.45, 7) is 3.28. The first-order chi connectivity index (χ1) is 9.66. The molecule has 1 heterocycles. The van der Waals surface area contributed by atoms with Crippen molar-refractivity contribution in [1.82, 2.24) is 5.32 Å². The standard InChI is InChI=1S/C15H20FNO2S/c1-11(13-6-2-3-7-14(13)16)20-10-15(18)17-9-12-5-4-8-19-12/h2-3,6-7,11-12H,4-5,8-10H2,1H3,(H,17,18). The first-order valence-electron chi connectivity index (χ1n) is 6.91. The number of halogens is 1. The summed E-state index contributed by atoms with van der Waals surface area (Å²) in [5, 5.41) is 2.83. The van der Waals surface area contributed by atoms with E-state index in [1.807, 2.05) is 13.0 Å². The third-order valence-electron chi connectivity index (χ3n) is 3.36. The number of rotatable bonds is 6. The maximum absolute atomic E-state index is 13.6. The Balaban J connectivity index is 1.71. The number of hydrogen-bond donors (Lipinski definition) is 1. The number of carbonyl (C=O) groups excluding carboxylic acids is 1. The zero-order valence-electron chi connectivity index (χ0n) is 11.6. The van der Waals surface area contributed by atoms with Crippen molar-refractivity contribution in [3.63, 3.8) is 0 Å². The lowest BCUT2D eigenvalue weighted by Crippen LogP contribution is -2.33. The molecule has 0 bridgehead atoms. The van der Waals surface area contributed by atoms with Gasteiger partial charge in [0.15, 0.2) is 0 Å². The second-order valence-electron chi connectivity index (χ2n) is 4.91. The lowest BCUT2D eigenvalue weighted by atomic mass is 10.1. The van der Waals surface area contributed by atoms with Crippen molar-refractivity contribution in [2.24, 2.45) is 0 Å². The van der Waals surface area contributed by atoms with Gasteiger partial charge in [0.25, 0.3) is 0 Å². The van der Waals surface area contributed by atoms with Crippen LogP contribution in [0.15, 0.2) is 24.3 Å². The smallest absolute Gasteiger partial charge is 0.230 e. The normalized spacial score (nSPS) is 19.8. The van der Waals surface area contributed by atoms with Crippen LogP contribution in [0.25, 0.3) is 0 Å². The van der Waals surface area contributed by atoms with Gasteiger partial charge in [0.1, 0.15) is 5.82 Å². The fraction of sp³-hybridized carbons (Fsp3) is 0.533. The van der Waals surface area contributed by atoms with Crippen molar-refractivity contribution in [2.45, 2.75) is 31.1 Å². The molecule has 1 fully saturated rings. The number of hydrogen-bond acceptors (Lipinski definition) is 3. The molecule has 1 N–H and O–H groups in total. The highest BCUT2D eigenvalue weighted by Crippen LogP contribution is 2.29. The van der Waals surface area contributed by atoms with Gasteiger partial charge in [-0.1, -0.05) is 18.2 Å². The van der Waals surface area contributed by atoms with E-state index in [9.17, 15) is 9.18 Å². The number of amides is 1. The average molecular weight is 297 g/mol. The van der Waals surface area contributed by atoms with E-state index >= 15 is 0 Å². The Kier molecular flexibility index (Phi) is 5.86. The van der Waals surface area contributed by atoms with Gasteiger partial charge in [-0.15, -0.1) is 11.8 Å². The van der Waals surface area contributed by atoms with E-state index in [4.69, 9.17) is 4.74 Å². The number of ether oxygens (including phenoxy) is 1. The molecule has 0 aromatic heterocycles. The van der Waals surface area contributed by atoms with Crippen LogP contribution in [0.1, 0.15) is 30.6 Å². The Bertz CT molecular complexity index is 449. The van der Waals surface area contributed by atoms with Crippen molar-refractivity contribution in [3.8, 4) is 0 Å². The molecule has 0 aliphatic carbocycles. The fourth-order valence-electron chi connectivity index (χ4n) is 2.18. The molecule has 2 unspecified atom stereocenters. The monoisotopic (exact) mass is 297 g/mol. The first-order valence-corrected chi connectivity index (χ1v) is 7.96.